The first-order valence-electron chi connectivity index (χ1n) is 5.21. The van der Waals surface area contributed by atoms with E-state index in [2.05, 4.69) is 0 Å². The smallest absolute Gasteiger partial charge is 0.165 e. The van der Waals surface area contributed by atoms with E-state index in [0.29, 0.717) is 12.2 Å². The van der Waals surface area contributed by atoms with Crippen molar-refractivity contribution in [3.05, 3.63) is 42.0 Å². The molecule has 0 aromatic heterocycles. The number of aromatic hydroxyl groups is 2. The predicted octanol–water partition coefficient (Wildman–Crippen LogP) is 2.53. The fraction of sp³-hybridized carbons (Fsp3) is 0.231. The van der Waals surface area contributed by atoms with Gasteiger partial charge in [-0.25, -0.2) is 0 Å². The third-order valence-corrected chi connectivity index (χ3v) is 2.45. The molecule has 1 aromatic rings. The minimum absolute atomic E-state index is 0.00284. The summed E-state index contributed by atoms with van der Waals surface area (Å²) in [4.78, 5) is 0. The fourth-order valence-corrected chi connectivity index (χ4v) is 1.76. The molecule has 84 valence electrons. The van der Waals surface area contributed by atoms with Crippen LogP contribution in [0.4, 0.5) is 0 Å². The Bertz CT molecular complexity index is 447. The van der Waals surface area contributed by atoms with E-state index in [9.17, 15) is 10.2 Å². The van der Waals surface area contributed by atoms with E-state index < -0.39 is 0 Å². The van der Waals surface area contributed by atoms with Crippen LogP contribution >= 0.6 is 0 Å². The van der Waals surface area contributed by atoms with Crippen molar-refractivity contribution in [3.63, 3.8) is 0 Å². The van der Waals surface area contributed by atoms with Crippen LogP contribution in [0.1, 0.15) is 12.5 Å². The molecule has 0 amide bonds. The van der Waals surface area contributed by atoms with Crippen molar-refractivity contribution in [2.75, 3.05) is 0 Å². The third kappa shape index (κ3) is 2.03. The molecule has 3 heteroatoms. The molecule has 0 fully saturated rings. The van der Waals surface area contributed by atoms with Gasteiger partial charge in [-0.15, -0.1) is 0 Å². The molecule has 1 heterocycles. The standard InChI is InChI=1S/C13H14O3/c1-2-3-4-5-11-7-9-6-10(14)8-12(15)13(9)16-11/h2-6,8,11,14-15H,7H2,1H3/b3-2+,5-4-. The highest BCUT2D eigenvalue weighted by Crippen LogP contribution is 2.40. The topological polar surface area (TPSA) is 49.7 Å². The Morgan fingerprint density at radius 1 is 1.31 bits per heavy atom. The van der Waals surface area contributed by atoms with Gasteiger partial charge >= 0.3 is 0 Å². The minimum Gasteiger partial charge on any atom is -0.508 e. The lowest BCUT2D eigenvalue weighted by Crippen LogP contribution is -2.08. The molecule has 2 rings (SSSR count). The molecule has 1 aliphatic rings. The zero-order valence-electron chi connectivity index (χ0n) is 9.05. The molecule has 1 aliphatic heterocycles. The van der Waals surface area contributed by atoms with Crippen molar-refractivity contribution in [2.24, 2.45) is 0 Å². The van der Waals surface area contributed by atoms with Gasteiger partial charge in [0.05, 0.1) is 0 Å². The molecule has 0 saturated heterocycles. The lowest BCUT2D eigenvalue weighted by atomic mass is 10.1. The molecule has 0 saturated carbocycles. The Morgan fingerprint density at radius 2 is 2.12 bits per heavy atom. The molecule has 0 bridgehead atoms. The summed E-state index contributed by atoms with van der Waals surface area (Å²) in [5.74, 6) is 0.544. The summed E-state index contributed by atoms with van der Waals surface area (Å²) in [5, 5.41) is 18.9. The van der Waals surface area contributed by atoms with E-state index in [-0.39, 0.29) is 17.6 Å². The number of hydrogen-bond donors (Lipinski definition) is 2. The molecular weight excluding hydrogens is 204 g/mol. The fourth-order valence-electron chi connectivity index (χ4n) is 1.76. The van der Waals surface area contributed by atoms with Crippen LogP contribution < -0.4 is 4.74 Å². The van der Waals surface area contributed by atoms with E-state index >= 15 is 0 Å². The molecule has 0 spiro atoms. The summed E-state index contributed by atoms with van der Waals surface area (Å²) in [5.41, 5.74) is 0.840. The molecule has 3 nitrogen and oxygen atoms in total. The van der Waals surface area contributed by atoms with Crippen LogP contribution in [0.3, 0.4) is 0 Å². The molecular formula is C13H14O3. The Hall–Kier alpha value is -1.90. The van der Waals surface area contributed by atoms with Crippen molar-refractivity contribution in [3.8, 4) is 17.2 Å². The first-order chi connectivity index (χ1) is 7.70. The third-order valence-electron chi connectivity index (χ3n) is 2.45. The highest BCUT2D eigenvalue weighted by molar-refractivity contribution is 5.53. The molecule has 2 N–H and O–H groups in total. The predicted molar refractivity (Wildman–Crippen MR) is 61.8 cm³/mol. The van der Waals surface area contributed by atoms with E-state index in [1.54, 1.807) is 6.07 Å². The van der Waals surface area contributed by atoms with E-state index in [0.717, 1.165) is 5.56 Å². The van der Waals surface area contributed by atoms with Crippen LogP contribution in [0.25, 0.3) is 0 Å². The lowest BCUT2D eigenvalue weighted by molar-refractivity contribution is 0.271. The summed E-state index contributed by atoms with van der Waals surface area (Å²) < 4.78 is 5.56. The second kappa shape index (κ2) is 4.31. The number of benzene rings is 1. The van der Waals surface area contributed by atoms with Gasteiger partial charge in [0.25, 0.3) is 0 Å². The number of allylic oxidation sites excluding steroid dienone is 3. The van der Waals surface area contributed by atoms with Crippen LogP contribution in [-0.2, 0) is 6.42 Å². The molecule has 1 aromatic carbocycles. The summed E-state index contributed by atoms with van der Waals surface area (Å²) in [6.07, 6.45) is 8.29. The maximum absolute atomic E-state index is 9.58. The van der Waals surface area contributed by atoms with Gasteiger partial charge in [-0.3, -0.25) is 0 Å². The van der Waals surface area contributed by atoms with Crippen molar-refractivity contribution in [2.45, 2.75) is 19.4 Å². The van der Waals surface area contributed by atoms with Gasteiger partial charge in [0.15, 0.2) is 11.5 Å². The Morgan fingerprint density at radius 3 is 2.88 bits per heavy atom. The zero-order chi connectivity index (χ0) is 11.5. The van der Waals surface area contributed by atoms with Crippen LogP contribution in [0.2, 0.25) is 0 Å². The summed E-state index contributed by atoms with van der Waals surface area (Å²) in [7, 11) is 0. The molecule has 16 heavy (non-hydrogen) atoms. The van der Waals surface area contributed by atoms with Gasteiger partial charge in [0.2, 0.25) is 0 Å². The van der Waals surface area contributed by atoms with Crippen LogP contribution in [0.5, 0.6) is 17.2 Å². The second-order valence-electron chi connectivity index (χ2n) is 3.72. The maximum Gasteiger partial charge on any atom is 0.165 e. The summed E-state index contributed by atoms with van der Waals surface area (Å²) >= 11 is 0. The molecule has 0 aliphatic carbocycles. The maximum atomic E-state index is 9.58. The van der Waals surface area contributed by atoms with Crippen molar-refractivity contribution in [1.29, 1.82) is 0 Å². The SMILES string of the molecule is C/C=C/C=C\C1Cc2cc(O)cc(O)c2O1. The van der Waals surface area contributed by atoms with E-state index in [4.69, 9.17) is 4.74 Å². The molecule has 0 radical (unpaired) electrons. The summed E-state index contributed by atoms with van der Waals surface area (Å²) in [6.45, 7) is 1.94. The number of ether oxygens (including phenoxy) is 1. The van der Waals surface area contributed by atoms with Gasteiger partial charge in [-0.2, -0.15) is 0 Å². The lowest BCUT2D eigenvalue weighted by Gasteiger charge is -2.05. The van der Waals surface area contributed by atoms with Crippen molar-refractivity contribution in [1.82, 2.24) is 0 Å². The number of rotatable bonds is 2. The summed E-state index contributed by atoms with van der Waals surface area (Å²) in [6, 6.07) is 2.91. The second-order valence-corrected chi connectivity index (χ2v) is 3.72. The zero-order valence-corrected chi connectivity index (χ0v) is 9.05. The Labute approximate surface area is 94.3 Å². The number of phenols is 2. The van der Waals surface area contributed by atoms with Crippen LogP contribution in [-0.4, -0.2) is 16.3 Å². The van der Waals surface area contributed by atoms with Crippen LogP contribution in [0, 0.1) is 0 Å². The number of hydrogen-bond acceptors (Lipinski definition) is 3. The van der Waals surface area contributed by atoms with E-state index in [1.807, 2.05) is 31.2 Å². The van der Waals surface area contributed by atoms with Gasteiger partial charge < -0.3 is 14.9 Å². The first kappa shape index (κ1) is 10.6. The first-order valence-corrected chi connectivity index (χ1v) is 5.21. The minimum atomic E-state index is -0.0705. The average Bonchev–Trinajstić information content (AvgIpc) is 2.61. The van der Waals surface area contributed by atoms with Crippen molar-refractivity contribution >= 4 is 0 Å². The highest BCUT2D eigenvalue weighted by atomic mass is 16.5. The van der Waals surface area contributed by atoms with Crippen LogP contribution in [0.15, 0.2) is 36.4 Å². The number of phenolic OH excluding ortho intramolecular Hbond substituents is 2. The largest absolute Gasteiger partial charge is 0.508 e. The Kier molecular flexibility index (Phi) is 2.86. The van der Waals surface area contributed by atoms with Gasteiger partial charge in [0.1, 0.15) is 11.9 Å². The van der Waals surface area contributed by atoms with Crippen molar-refractivity contribution < 1.29 is 14.9 Å². The van der Waals surface area contributed by atoms with Gasteiger partial charge in [0, 0.05) is 18.1 Å². The highest BCUT2D eigenvalue weighted by Gasteiger charge is 2.24. The quantitative estimate of drug-likeness (QED) is 0.750. The molecule has 1 unspecified atom stereocenters. The van der Waals surface area contributed by atoms with Gasteiger partial charge in [-0.05, 0) is 19.1 Å². The molecule has 1 atom stereocenters. The van der Waals surface area contributed by atoms with E-state index in [1.165, 1.54) is 6.07 Å². The Balaban J connectivity index is 2.18. The van der Waals surface area contributed by atoms with Gasteiger partial charge in [-0.1, -0.05) is 18.2 Å². The average molecular weight is 218 g/mol. The number of fused-ring (bicyclic) bond motifs is 1. The normalized spacial score (nSPS) is 19.2. The monoisotopic (exact) mass is 218 g/mol.